The second kappa shape index (κ2) is 3.13. The minimum atomic E-state index is 0.591. The summed E-state index contributed by atoms with van der Waals surface area (Å²) >= 11 is 0. The van der Waals surface area contributed by atoms with Crippen molar-refractivity contribution in [2.45, 2.75) is 38.5 Å². The second-order valence-electron chi connectivity index (χ2n) is 4.88. The monoisotopic (exact) mass is 200 g/mol. The summed E-state index contributed by atoms with van der Waals surface area (Å²) in [5.74, 6) is 2.49. The zero-order valence-electron chi connectivity index (χ0n) is 9.29. The molecule has 1 aromatic carbocycles. The molecule has 0 radical (unpaired) electrons. The fraction of sp³-hybridized carbons (Fsp3) is 0.429. The van der Waals surface area contributed by atoms with Crippen molar-refractivity contribution in [3.63, 3.8) is 0 Å². The van der Waals surface area contributed by atoms with E-state index in [1.165, 1.54) is 29.6 Å². The van der Waals surface area contributed by atoms with Crippen LogP contribution in [0.15, 0.2) is 28.7 Å². The van der Waals surface area contributed by atoms with E-state index in [0.29, 0.717) is 11.8 Å². The molecule has 0 N–H and O–H groups in total. The van der Waals surface area contributed by atoms with Gasteiger partial charge in [-0.3, -0.25) is 0 Å². The lowest BCUT2D eigenvalue weighted by atomic mass is 10.0. The van der Waals surface area contributed by atoms with Crippen LogP contribution in [0.4, 0.5) is 0 Å². The maximum Gasteiger partial charge on any atom is 0.134 e. The third-order valence-corrected chi connectivity index (χ3v) is 3.21. The van der Waals surface area contributed by atoms with E-state index in [1.54, 1.807) is 0 Å². The average molecular weight is 200 g/mol. The number of hydrogen-bond donors (Lipinski definition) is 0. The highest BCUT2D eigenvalue weighted by Crippen LogP contribution is 2.42. The van der Waals surface area contributed by atoms with Crippen molar-refractivity contribution in [3.8, 4) is 0 Å². The van der Waals surface area contributed by atoms with E-state index >= 15 is 0 Å². The summed E-state index contributed by atoms with van der Waals surface area (Å²) in [4.78, 5) is 0. The Balaban J connectivity index is 2.09. The third-order valence-electron chi connectivity index (χ3n) is 3.21. The molecule has 0 atom stereocenters. The first-order valence-electron chi connectivity index (χ1n) is 5.77. The first-order chi connectivity index (χ1) is 7.24. The zero-order chi connectivity index (χ0) is 10.4. The fourth-order valence-electron chi connectivity index (χ4n) is 2.01. The molecular weight excluding hydrogens is 184 g/mol. The Bertz CT molecular complexity index is 489. The highest BCUT2D eigenvalue weighted by atomic mass is 16.3. The molecule has 1 nitrogen and oxygen atoms in total. The smallest absolute Gasteiger partial charge is 0.134 e. The lowest BCUT2D eigenvalue weighted by Gasteiger charge is -2.03. The van der Waals surface area contributed by atoms with Crippen LogP contribution in [0.3, 0.4) is 0 Å². The SMILES string of the molecule is CC(C)c1ccc2oc(C3CC3)cc2c1. The summed E-state index contributed by atoms with van der Waals surface area (Å²) in [5, 5.41) is 1.27. The predicted octanol–water partition coefficient (Wildman–Crippen LogP) is 4.43. The van der Waals surface area contributed by atoms with E-state index in [9.17, 15) is 0 Å². The van der Waals surface area contributed by atoms with Crippen molar-refractivity contribution < 1.29 is 4.42 Å². The molecule has 0 aliphatic heterocycles. The van der Waals surface area contributed by atoms with Crippen molar-refractivity contribution in [2.75, 3.05) is 0 Å². The van der Waals surface area contributed by atoms with Crippen LogP contribution in [-0.2, 0) is 0 Å². The van der Waals surface area contributed by atoms with Crippen LogP contribution in [0.2, 0.25) is 0 Å². The number of benzene rings is 1. The molecule has 2 aromatic rings. The molecule has 3 rings (SSSR count). The molecule has 1 saturated carbocycles. The van der Waals surface area contributed by atoms with Crippen LogP contribution >= 0.6 is 0 Å². The maximum atomic E-state index is 5.83. The molecular formula is C14H16O. The highest BCUT2D eigenvalue weighted by Gasteiger charge is 2.27. The van der Waals surface area contributed by atoms with Crippen molar-refractivity contribution in [1.29, 1.82) is 0 Å². The minimum absolute atomic E-state index is 0.591. The van der Waals surface area contributed by atoms with Crippen molar-refractivity contribution in [2.24, 2.45) is 0 Å². The lowest BCUT2D eigenvalue weighted by Crippen LogP contribution is -1.84. The van der Waals surface area contributed by atoms with Gasteiger partial charge in [0.25, 0.3) is 0 Å². The van der Waals surface area contributed by atoms with Gasteiger partial charge in [-0.1, -0.05) is 19.9 Å². The Hall–Kier alpha value is -1.24. The van der Waals surface area contributed by atoms with Gasteiger partial charge in [0, 0.05) is 11.3 Å². The minimum Gasteiger partial charge on any atom is -0.461 e. The number of furan rings is 1. The Kier molecular flexibility index (Phi) is 1.88. The van der Waals surface area contributed by atoms with Crippen LogP contribution < -0.4 is 0 Å². The van der Waals surface area contributed by atoms with E-state index < -0.39 is 0 Å². The normalized spacial score (nSPS) is 16.5. The van der Waals surface area contributed by atoms with Crippen LogP contribution in [0.1, 0.15) is 49.8 Å². The topological polar surface area (TPSA) is 13.1 Å². The molecule has 1 heterocycles. The molecule has 1 heteroatoms. The van der Waals surface area contributed by atoms with Gasteiger partial charge in [0.1, 0.15) is 11.3 Å². The van der Waals surface area contributed by atoms with Crippen molar-refractivity contribution in [3.05, 3.63) is 35.6 Å². The first-order valence-corrected chi connectivity index (χ1v) is 5.77. The molecule has 0 bridgehead atoms. The lowest BCUT2D eigenvalue weighted by molar-refractivity contribution is 0.552. The van der Waals surface area contributed by atoms with Crippen LogP contribution in [0, 0.1) is 0 Å². The van der Waals surface area contributed by atoms with Gasteiger partial charge in [-0.2, -0.15) is 0 Å². The molecule has 78 valence electrons. The summed E-state index contributed by atoms with van der Waals surface area (Å²) in [6.07, 6.45) is 2.60. The van der Waals surface area contributed by atoms with Gasteiger partial charge in [0.2, 0.25) is 0 Å². The van der Waals surface area contributed by atoms with E-state index in [4.69, 9.17) is 4.42 Å². The van der Waals surface area contributed by atoms with Gasteiger partial charge in [0.15, 0.2) is 0 Å². The van der Waals surface area contributed by atoms with Gasteiger partial charge in [0.05, 0.1) is 0 Å². The summed E-state index contributed by atoms with van der Waals surface area (Å²) in [7, 11) is 0. The predicted molar refractivity (Wildman–Crippen MR) is 62.3 cm³/mol. The van der Waals surface area contributed by atoms with Gasteiger partial charge in [-0.15, -0.1) is 0 Å². The third kappa shape index (κ3) is 1.56. The van der Waals surface area contributed by atoms with Gasteiger partial charge in [-0.25, -0.2) is 0 Å². The van der Waals surface area contributed by atoms with E-state index in [1.807, 2.05) is 0 Å². The van der Waals surface area contributed by atoms with E-state index in [-0.39, 0.29) is 0 Å². The molecule has 0 spiro atoms. The quantitative estimate of drug-likeness (QED) is 0.698. The van der Waals surface area contributed by atoms with Gasteiger partial charge < -0.3 is 4.42 Å². The molecule has 15 heavy (non-hydrogen) atoms. The largest absolute Gasteiger partial charge is 0.461 e. The summed E-state index contributed by atoms with van der Waals surface area (Å²) in [5.41, 5.74) is 2.44. The van der Waals surface area contributed by atoms with Crippen molar-refractivity contribution in [1.82, 2.24) is 0 Å². The first kappa shape index (κ1) is 9.02. The van der Waals surface area contributed by atoms with E-state index in [0.717, 1.165) is 5.58 Å². The second-order valence-corrected chi connectivity index (χ2v) is 4.88. The van der Waals surface area contributed by atoms with Crippen LogP contribution in [0.25, 0.3) is 11.0 Å². The molecule has 0 saturated heterocycles. The molecule has 1 fully saturated rings. The summed E-state index contributed by atoms with van der Waals surface area (Å²) in [6, 6.07) is 8.76. The molecule has 0 unspecified atom stereocenters. The summed E-state index contributed by atoms with van der Waals surface area (Å²) < 4.78 is 5.83. The van der Waals surface area contributed by atoms with Crippen LogP contribution in [0.5, 0.6) is 0 Å². The van der Waals surface area contributed by atoms with E-state index in [2.05, 4.69) is 38.1 Å². The number of hydrogen-bond acceptors (Lipinski definition) is 1. The van der Waals surface area contributed by atoms with Crippen LogP contribution in [-0.4, -0.2) is 0 Å². The highest BCUT2D eigenvalue weighted by molar-refractivity contribution is 5.79. The van der Waals surface area contributed by atoms with Crippen molar-refractivity contribution >= 4 is 11.0 Å². The summed E-state index contributed by atoms with van der Waals surface area (Å²) in [6.45, 7) is 4.45. The number of rotatable bonds is 2. The molecule has 1 aliphatic carbocycles. The van der Waals surface area contributed by atoms with Gasteiger partial charge in [-0.05, 0) is 42.5 Å². The Labute approximate surface area is 90.1 Å². The standard InChI is InChI=1S/C14H16O/c1-9(2)11-5-6-13-12(7-11)8-14(15-13)10-3-4-10/h5-10H,3-4H2,1-2H3. The molecule has 0 amide bonds. The zero-order valence-corrected chi connectivity index (χ0v) is 9.29. The maximum absolute atomic E-state index is 5.83. The Morgan fingerprint density at radius 3 is 2.67 bits per heavy atom. The average Bonchev–Trinajstić information content (AvgIpc) is 2.97. The Morgan fingerprint density at radius 2 is 2.00 bits per heavy atom. The van der Waals surface area contributed by atoms with Gasteiger partial charge >= 0.3 is 0 Å². The fourth-order valence-corrected chi connectivity index (χ4v) is 2.01. The molecule has 1 aromatic heterocycles. The number of fused-ring (bicyclic) bond motifs is 1. The molecule has 1 aliphatic rings. The Morgan fingerprint density at radius 1 is 1.20 bits per heavy atom.